The second kappa shape index (κ2) is 3.70. The van der Waals surface area contributed by atoms with Crippen molar-refractivity contribution in [2.45, 2.75) is 20.0 Å². The summed E-state index contributed by atoms with van der Waals surface area (Å²) in [6.07, 6.45) is 2.12. The molecule has 0 unspecified atom stereocenters. The van der Waals surface area contributed by atoms with Gasteiger partial charge < -0.3 is 5.32 Å². The van der Waals surface area contributed by atoms with E-state index in [1.165, 1.54) is 6.33 Å². The number of aromatic nitrogens is 3. The molecule has 0 fully saturated rings. The molecule has 1 N–H and O–H groups in total. The molecule has 5 heteroatoms. The van der Waals surface area contributed by atoms with Gasteiger partial charge in [0.05, 0.1) is 6.54 Å². The minimum atomic E-state index is 0.442. The van der Waals surface area contributed by atoms with Gasteiger partial charge in [0.15, 0.2) is 0 Å². The first-order chi connectivity index (χ1) is 5.38. The van der Waals surface area contributed by atoms with Crippen molar-refractivity contribution in [1.29, 1.82) is 0 Å². The molecule has 1 heterocycles. The Balaban J connectivity index is 2.60. The van der Waals surface area contributed by atoms with Crippen LogP contribution in [0.4, 0.5) is 0 Å². The highest BCUT2D eigenvalue weighted by molar-refractivity contribution is 5.45. The van der Waals surface area contributed by atoms with E-state index in [0.717, 1.165) is 12.4 Å². The first-order valence-electron chi connectivity index (χ1n) is 3.42. The van der Waals surface area contributed by atoms with Crippen molar-refractivity contribution in [3.63, 3.8) is 0 Å². The highest BCUT2D eigenvalue weighted by Crippen LogP contribution is 1.91. The Morgan fingerprint density at radius 1 is 1.82 bits per heavy atom. The largest absolute Gasteiger partial charge is 0.351 e. The molecule has 1 aromatic heterocycles. The lowest BCUT2D eigenvalue weighted by molar-refractivity contribution is -0.109. The molecule has 0 aliphatic carbocycles. The van der Waals surface area contributed by atoms with Gasteiger partial charge in [0.25, 0.3) is 0 Å². The Bertz CT molecular complexity index is 232. The Labute approximate surface area is 64.4 Å². The van der Waals surface area contributed by atoms with E-state index in [4.69, 9.17) is 0 Å². The molecule has 0 bridgehead atoms. The summed E-state index contributed by atoms with van der Waals surface area (Å²) >= 11 is 0. The van der Waals surface area contributed by atoms with Crippen molar-refractivity contribution in [1.82, 2.24) is 20.1 Å². The number of amides is 1. The minimum absolute atomic E-state index is 0.442. The van der Waals surface area contributed by atoms with Crippen molar-refractivity contribution in [2.75, 3.05) is 0 Å². The zero-order chi connectivity index (χ0) is 8.10. The topological polar surface area (TPSA) is 59.8 Å². The minimum Gasteiger partial charge on any atom is -0.351 e. The fourth-order valence-corrected chi connectivity index (χ4v) is 0.822. The van der Waals surface area contributed by atoms with Crippen molar-refractivity contribution < 1.29 is 4.79 Å². The Kier molecular flexibility index (Phi) is 2.59. The summed E-state index contributed by atoms with van der Waals surface area (Å²) in [7, 11) is 0. The van der Waals surface area contributed by atoms with Crippen LogP contribution >= 0.6 is 0 Å². The number of rotatable bonds is 4. The molecule has 0 aliphatic rings. The van der Waals surface area contributed by atoms with E-state index < -0.39 is 0 Å². The molecule has 11 heavy (non-hydrogen) atoms. The van der Waals surface area contributed by atoms with Gasteiger partial charge in [-0.25, -0.2) is 9.67 Å². The van der Waals surface area contributed by atoms with Crippen molar-refractivity contribution in [3.05, 3.63) is 12.2 Å². The molecule has 0 aromatic carbocycles. The summed E-state index contributed by atoms with van der Waals surface area (Å²) in [4.78, 5) is 13.9. The van der Waals surface area contributed by atoms with E-state index in [2.05, 4.69) is 15.4 Å². The van der Waals surface area contributed by atoms with E-state index in [1.807, 2.05) is 6.92 Å². The summed E-state index contributed by atoms with van der Waals surface area (Å²) in [6, 6.07) is 0. The SMILES string of the molecule is CCn1ncnc1CNC=O. The summed E-state index contributed by atoms with van der Waals surface area (Å²) in [5.41, 5.74) is 0. The van der Waals surface area contributed by atoms with Crippen LogP contribution in [0.2, 0.25) is 0 Å². The Hall–Kier alpha value is -1.39. The fraction of sp³-hybridized carbons (Fsp3) is 0.500. The quantitative estimate of drug-likeness (QED) is 0.597. The predicted octanol–water partition coefficient (Wildman–Crippen LogP) is -0.456. The van der Waals surface area contributed by atoms with Gasteiger partial charge >= 0.3 is 0 Å². The van der Waals surface area contributed by atoms with E-state index in [1.54, 1.807) is 4.68 Å². The molecule has 0 radical (unpaired) electrons. The summed E-state index contributed by atoms with van der Waals surface area (Å²) < 4.78 is 1.73. The van der Waals surface area contributed by atoms with Crippen LogP contribution in [0, 0.1) is 0 Å². The maximum absolute atomic E-state index is 9.93. The van der Waals surface area contributed by atoms with E-state index in [-0.39, 0.29) is 0 Å². The fourth-order valence-electron chi connectivity index (χ4n) is 0.822. The van der Waals surface area contributed by atoms with Gasteiger partial charge in [-0.15, -0.1) is 0 Å². The zero-order valence-corrected chi connectivity index (χ0v) is 6.32. The average molecular weight is 154 g/mol. The summed E-state index contributed by atoms with van der Waals surface area (Å²) in [5.74, 6) is 0.777. The molecule has 0 saturated carbocycles. The highest BCUT2D eigenvalue weighted by atomic mass is 16.1. The lowest BCUT2D eigenvalue weighted by atomic mass is 10.6. The Morgan fingerprint density at radius 3 is 3.27 bits per heavy atom. The molecule has 0 aliphatic heterocycles. The number of hydrogen-bond acceptors (Lipinski definition) is 3. The molecular formula is C6H10N4O. The standard InChI is InChI=1S/C6H10N4O/c1-2-10-6(3-7-5-11)8-4-9-10/h4-5H,2-3H2,1H3,(H,7,11). The number of hydrogen-bond donors (Lipinski definition) is 1. The predicted molar refractivity (Wildman–Crippen MR) is 38.6 cm³/mol. The normalized spacial score (nSPS) is 9.55. The van der Waals surface area contributed by atoms with Gasteiger partial charge in [-0.3, -0.25) is 4.79 Å². The maximum atomic E-state index is 9.93. The van der Waals surface area contributed by atoms with Crippen LogP contribution in [0.15, 0.2) is 6.33 Å². The van der Waals surface area contributed by atoms with E-state index in [9.17, 15) is 4.79 Å². The molecule has 0 atom stereocenters. The number of carbonyl (C=O) groups excluding carboxylic acids is 1. The average Bonchev–Trinajstić information content (AvgIpc) is 2.47. The van der Waals surface area contributed by atoms with Crippen LogP contribution in [0.25, 0.3) is 0 Å². The molecule has 0 saturated heterocycles. The molecule has 0 spiro atoms. The van der Waals surface area contributed by atoms with Crippen LogP contribution in [0.5, 0.6) is 0 Å². The van der Waals surface area contributed by atoms with Crippen LogP contribution in [-0.2, 0) is 17.9 Å². The molecule has 1 amide bonds. The third-order valence-corrected chi connectivity index (χ3v) is 1.34. The van der Waals surface area contributed by atoms with Crippen LogP contribution in [0.3, 0.4) is 0 Å². The number of nitrogens with zero attached hydrogens (tertiary/aromatic N) is 3. The molecule has 1 rings (SSSR count). The van der Waals surface area contributed by atoms with Crippen molar-refractivity contribution in [3.8, 4) is 0 Å². The molecule has 5 nitrogen and oxygen atoms in total. The number of aryl methyl sites for hydroxylation is 1. The maximum Gasteiger partial charge on any atom is 0.207 e. The molecular weight excluding hydrogens is 144 g/mol. The third-order valence-electron chi connectivity index (χ3n) is 1.34. The van der Waals surface area contributed by atoms with Gasteiger partial charge in [-0.05, 0) is 6.92 Å². The van der Waals surface area contributed by atoms with Crippen LogP contribution in [0.1, 0.15) is 12.7 Å². The van der Waals surface area contributed by atoms with Gasteiger partial charge in [0.2, 0.25) is 6.41 Å². The van der Waals surface area contributed by atoms with E-state index in [0.29, 0.717) is 13.0 Å². The zero-order valence-electron chi connectivity index (χ0n) is 6.32. The lowest BCUT2D eigenvalue weighted by Gasteiger charge is -1.99. The second-order valence-corrected chi connectivity index (χ2v) is 1.99. The van der Waals surface area contributed by atoms with Crippen molar-refractivity contribution in [2.24, 2.45) is 0 Å². The van der Waals surface area contributed by atoms with Gasteiger partial charge in [-0.2, -0.15) is 5.10 Å². The van der Waals surface area contributed by atoms with Crippen LogP contribution in [-0.4, -0.2) is 21.2 Å². The Morgan fingerprint density at radius 2 is 2.64 bits per heavy atom. The highest BCUT2D eigenvalue weighted by Gasteiger charge is 1.99. The second-order valence-electron chi connectivity index (χ2n) is 1.99. The van der Waals surface area contributed by atoms with Gasteiger partial charge in [0, 0.05) is 6.54 Å². The summed E-state index contributed by atoms with van der Waals surface area (Å²) in [6.45, 7) is 3.19. The molecule has 60 valence electrons. The van der Waals surface area contributed by atoms with Gasteiger partial charge in [-0.1, -0.05) is 0 Å². The molecule has 1 aromatic rings. The lowest BCUT2D eigenvalue weighted by Crippen LogP contribution is -2.15. The van der Waals surface area contributed by atoms with E-state index >= 15 is 0 Å². The summed E-state index contributed by atoms with van der Waals surface area (Å²) in [5, 5.41) is 6.46. The third kappa shape index (κ3) is 1.76. The smallest absolute Gasteiger partial charge is 0.207 e. The van der Waals surface area contributed by atoms with Crippen LogP contribution < -0.4 is 5.32 Å². The van der Waals surface area contributed by atoms with Crippen molar-refractivity contribution >= 4 is 6.41 Å². The van der Waals surface area contributed by atoms with Gasteiger partial charge in [0.1, 0.15) is 12.2 Å². The number of carbonyl (C=O) groups is 1. The first-order valence-corrected chi connectivity index (χ1v) is 3.42. The number of nitrogens with one attached hydrogen (secondary N) is 1. The first kappa shape index (κ1) is 7.71. The monoisotopic (exact) mass is 154 g/mol.